The molecule has 0 bridgehead atoms. The van der Waals surface area contributed by atoms with Crippen LogP contribution < -0.4 is 0 Å². The Bertz CT molecular complexity index is 992. The Labute approximate surface area is 195 Å². The number of carbonyl (C=O) groups excluding carboxylic acids is 3. The highest BCUT2D eigenvalue weighted by Gasteiger charge is 2.66. The second-order valence-electron chi connectivity index (χ2n) is 11.1. The van der Waals surface area contributed by atoms with E-state index in [0.717, 1.165) is 24.0 Å². The third-order valence-corrected chi connectivity index (χ3v) is 7.88. The Hall–Kier alpha value is -2.28. The second-order valence-corrected chi connectivity index (χ2v) is 11.1. The number of hydrogen-bond donors (Lipinski definition) is 1. The number of fused-ring (bicyclic) bond motifs is 1. The number of ketones is 1. The molecular formula is C26H35NO6. The van der Waals surface area contributed by atoms with Crippen molar-refractivity contribution in [1.29, 1.82) is 0 Å². The minimum Gasteiger partial charge on any atom is -0.457 e. The van der Waals surface area contributed by atoms with Crippen LogP contribution in [-0.4, -0.2) is 46.5 Å². The monoisotopic (exact) mass is 457 g/mol. The molecule has 4 rings (SSSR count). The van der Waals surface area contributed by atoms with Crippen LogP contribution >= 0.6 is 0 Å². The van der Waals surface area contributed by atoms with Gasteiger partial charge >= 0.3 is 11.9 Å². The minimum atomic E-state index is -1.41. The van der Waals surface area contributed by atoms with Gasteiger partial charge in [-0.25, -0.2) is 9.79 Å². The average molecular weight is 458 g/mol. The summed E-state index contributed by atoms with van der Waals surface area (Å²) in [6.07, 6.45) is 4.85. The third kappa shape index (κ3) is 3.78. The van der Waals surface area contributed by atoms with Gasteiger partial charge in [0.2, 0.25) is 0 Å². The first-order chi connectivity index (χ1) is 15.3. The van der Waals surface area contributed by atoms with Crippen LogP contribution in [0, 0.1) is 16.7 Å². The fourth-order valence-corrected chi connectivity index (χ4v) is 5.61. The summed E-state index contributed by atoms with van der Waals surface area (Å²) < 4.78 is 11.2. The Morgan fingerprint density at radius 3 is 2.48 bits per heavy atom. The van der Waals surface area contributed by atoms with E-state index in [1.807, 2.05) is 40.7 Å². The number of unbranched alkanes of at least 4 members (excludes halogenated alkanes) is 1. The van der Waals surface area contributed by atoms with Gasteiger partial charge in [-0.15, -0.1) is 0 Å². The van der Waals surface area contributed by atoms with Gasteiger partial charge in [0, 0.05) is 34.8 Å². The maximum absolute atomic E-state index is 13.1. The predicted molar refractivity (Wildman–Crippen MR) is 122 cm³/mol. The summed E-state index contributed by atoms with van der Waals surface area (Å²) in [5, 5.41) is 11.0. The third-order valence-electron chi connectivity index (χ3n) is 7.88. The van der Waals surface area contributed by atoms with Gasteiger partial charge in [0.1, 0.15) is 11.7 Å². The highest BCUT2D eigenvalue weighted by Crippen LogP contribution is 2.65. The van der Waals surface area contributed by atoms with Crippen molar-refractivity contribution < 1.29 is 29.0 Å². The molecule has 1 heterocycles. The van der Waals surface area contributed by atoms with Gasteiger partial charge in [0.25, 0.3) is 0 Å². The Morgan fingerprint density at radius 1 is 1.24 bits per heavy atom. The number of carbonyl (C=O) groups is 3. The predicted octanol–water partition coefficient (Wildman–Crippen LogP) is 3.84. The maximum Gasteiger partial charge on any atom is 0.337 e. The molecule has 33 heavy (non-hydrogen) atoms. The molecule has 180 valence electrons. The molecule has 0 radical (unpaired) electrons. The van der Waals surface area contributed by atoms with E-state index in [1.54, 1.807) is 6.92 Å². The number of nitrogens with zero attached hydrogens (tertiary/aromatic N) is 1. The van der Waals surface area contributed by atoms with E-state index in [9.17, 15) is 19.5 Å². The van der Waals surface area contributed by atoms with E-state index in [4.69, 9.17) is 9.47 Å². The van der Waals surface area contributed by atoms with Gasteiger partial charge in [0.15, 0.2) is 17.7 Å². The van der Waals surface area contributed by atoms with E-state index < -0.39 is 28.6 Å². The summed E-state index contributed by atoms with van der Waals surface area (Å²) >= 11 is 0. The maximum atomic E-state index is 13.1. The average Bonchev–Trinajstić information content (AvgIpc) is 3.39. The lowest BCUT2D eigenvalue weighted by molar-refractivity contribution is -0.151. The smallest absolute Gasteiger partial charge is 0.337 e. The molecule has 1 N–H and O–H groups in total. The molecule has 1 fully saturated rings. The summed E-state index contributed by atoms with van der Waals surface area (Å²) in [5.41, 5.74) is -0.223. The van der Waals surface area contributed by atoms with Crippen LogP contribution in [0.3, 0.4) is 0 Å². The molecule has 0 saturated heterocycles. The van der Waals surface area contributed by atoms with E-state index in [0.29, 0.717) is 30.7 Å². The lowest BCUT2D eigenvalue weighted by atomic mass is 9.67. The molecule has 3 aliphatic carbocycles. The van der Waals surface area contributed by atoms with E-state index in [1.165, 1.54) is 0 Å². The number of rotatable bonds is 7. The van der Waals surface area contributed by atoms with Crippen molar-refractivity contribution in [2.45, 2.75) is 97.8 Å². The zero-order valence-corrected chi connectivity index (χ0v) is 20.5. The van der Waals surface area contributed by atoms with Crippen LogP contribution in [0.15, 0.2) is 27.8 Å². The molecule has 0 aromatic heterocycles. The van der Waals surface area contributed by atoms with E-state index in [2.05, 4.69) is 4.99 Å². The summed E-state index contributed by atoms with van der Waals surface area (Å²) in [7, 11) is 0. The fourth-order valence-electron chi connectivity index (χ4n) is 5.61. The van der Waals surface area contributed by atoms with E-state index >= 15 is 0 Å². The Balaban J connectivity index is 1.38. The molecule has 4 aliphatic rings. The molecule has 0 aromatic rings. The molecule has 0 aromatic carbocycles. The topological polar surface area (TPSA) is 102 Å². The van der Waals surface area contributed by atoms with Gasteiger partial charge in [-0.1, -0.05) is 39.3 Å². The first-order valence-electron chi connectivity index (χ1n) is 12.0. The fraction of sp³-hybridized carbons (Fsp3) is 0.692. The molecule has 3 atom stereocenters. The summed E-state index contributed by atoms with van der Waals surface area (Å²) in [5.74, 6) is -0.339. The van der Waals surface area contributed by atoms with Crippen LogP contribution in [0.25, 0.3) is 0 Å². The van der Waals surface area contributed by atoms with E-state index in [-0.39, 0.29) is 30.1 Å². The number of esters is 2. The van der Waals surface area contributed by atoms with Crippen molar-refractivity contribution in [2.75, 3.05) is 0 Å². The van der Waals surface area contributed by atoms with Gasteiger partial charge in [-0.2, -0.15) is 0 Å². The molecule has 7 nitrogen and oxygen atoms in total. The highest BCUT2D eigenvalue weighted by atomic mass is 16.6. The SMILES string of the molecule is CC1=C2C(=CC(C)(C)C2OC(=O)CCCCC2=NC(C(C)C)C(=O)O2)C(=O)[C@](C)(O)C12CC2. The van der Waals surface area contributed by atoms with Gasteiger partial charge in [-0.05, 0) is 45.4 Å². The lowest BCUT2D eigenvalue weighted by Crippen LogP contribution is -2.50. The van der Waals surface area contributed by atoms with Gasteiger partial charge < -0.3 is 14.6 Å². The van der Waals surface area contributed by atoms with Crippen LogP contribution in [0.2, 0.25) is 0 Å². The highest BCUT2D eigenvalue weighted by molar-refractivity contribution is 6.09. The number of ether oxygens (including phenoxy) is 2. The first-order valence-corrected chi connectivity index (χ1v) is 12.0. The number of cyclic esters (lactones) is 1. The molecule has 1 saturated carbocycles. The van der Waals surface area contributed by atoms with Crippen molar-refractivity contribution in [1.82, 2.24) is 0 Å². The van der Waals surface area contributed by atoms with Crippen LogP contribution in [0.5, 0.6) is 0 Å². The van der Waals surface area contributed by atoms with Crippen molar-refractivity contribution in [3.63, 3.8) is 0 Å². The molecular weight excluding hydrogens is 422 g/mol. The second kappa shape index (κ2) is 7.90. The normalized spacial score (nSPS) is 31.5. The standard InChI is InChI=1S/C26H35NO6/c1-14(2)20-23(30)32-17(27-20)9-7-8-10-18(28)33-22-19-15(3)26(11-12-26)25(6,31)21(29)16(19)13-24(22,4)5/h13-14,20,22,31H,7-12H2,1-6H3/t20?,22?,25-/m0/s1. The zero-order chi connectivity index (χ0) is 24.3. The zero-order valence-electron chi connectivity index (χ0n) is 20.5. The number of hydrogen-bond acceptors (Lipinski definition) is 7. The Kier molecular flexibility index (Phi) is 5.71. The van der Waals surface area contributed by atoms with Crippen molar-refractivity contribution in [3.8, 4) is 0 Å². The van der Waals surface area contributed by atoms with Crippen molar-refractivity contribution in [3.05, 3.63) is 22.8 Å². The molecule has 0 amide bonds. The van der Waals surface area contributed by atoms with Gasteiger partial charge in [-0.3, -0.25) is 9.59 Å². The number of aliphatic imine (C=N–C) groups is 1. The number of aliphatic hydroxyl groups is 1. The molecule has 1 aliphatic heterocycles. The lowest BCUT2D eigenvalue weighted by Gasteiger charge is -2.40. The van der Waals surface area contributed by atoms with Crippen molar-refractivity contribution >= 4 is 23.6 Å². The first kappa shape index (κ1) is 23.9. The van der Waals surface area contributed by atoms with Crippen LogP contribution in [0.4, 0.5) is 0 Å². The molecule has 2 unspecified atom stereocenters. The van der Waals surface area contributed by atoms with Crippen LogP contribution in [-0.2, 0) is 23.9 Å². The van der Waals surface area contributed by atoms with Crippen LogP contribution in [0.1, 0.15) is 80.1 Å². The minimum absolute atomic E-state index is 0.0983. The largest absolute Gasteiger partial charge is 0.457 e. The number of Topliss-reactive ketones (excluding diaryl/α,β-unsaturated/α-hetero) is 1. The molecule has 1 spiro atoms. The van der Waals surface area contributed by atoms with Gasteiger partial charge in [0.05, 0.1) is 0 Å². The summed E-state index contributed by atoms with van der Waals surface area (Å²) in [4.78, 5) is 42.0. The molecule has 7 heteroatoms. The summed E-state index contributed by atoms with van der Waals surface area (Å²) in [6, 6.07) is -0.429. The quantitative estimate of drug-likeness (QED) is 0.460. The van der Waals surface area contributed by atoms with Crippen molar-refractivity contribution in [2.24, 2.45) is 21.7 Å². The Morgan fingerprint density at radius 2 is 1.91 bits per heavy atom. The summed E-state index contributed by atoms with van der Waals surface area (Å²) in [6.45, 7) is 11.4.